The molecule has 0 bridgehead atoms. The summed E-state index contributed by atoms with van der Waals surface area (Å²) in [6.07, 6.45) is 0. The molecule has 22 heavy (non-hydrogen) atoms. The van der Waals surface area contributed by atoms with Gasteiger partial charge in [-0.1, -0.05) is 0 Å². The number of hydrogen-bond acceptors (Lipinski definition) is 9. The third-order valence-electron chi connectivity index (χ3n) is 2.64. The second kappa shape index (κ2) is 7.54. The van der Waals surface area contributed by atoms with Crippen molar-refractivity contribution in [3.05, 3.63) is 37.9 Å². The van der Waals surface area contributed by atoms with Gasteiger partial charge in [0.1, 0.15) is 5.52 Å². The summed E-state index contributed by atoms with van der Waals surface area (Å²) in [7, 11) is 0. The third kappa shape index (κ3) is 3.38. The van der Waals surface area contributed by atoms with E-state index >= 15 is 0 Å². The first-order valence-corrected chi connectivity index (χ1v) is 6.40. The van der Waals surface area contributed by atoms with Crippen molar-refractivity contribution in [3.63, 3.8) is 0 Å². The first kappa shape index (κ1) is 18.4. The fraction of sp³-hybridized carbons (Fsp3) is 0.300. The zero-order valence-corrected chi connectivity index (χ0v) is 11.4. The Hall–Kier alpha value is -1.69. The van der Waals surface area contributed by atoms with Gasteiger partial charge in [-0.3, -0.25) is 20.2 Å². The molecule has 0 spiro atoms. The minimum absolute atomic E-state index is 0. The molecule has 112 valence electrons. The van der Waals surface area contributed by atoms with Crippen molar-refractivity contribution in [1.82, 2.24) is 8.75 Å². The van der Waals surface area contributed by atoms with Crippen LogP contribution in [0.25, 0.3) is 11.0 Å². The Kier molecular flexibility index (Phi) is 6.29. The van der Waals surface area contributed by atoms with Crippen LogP contribution in [-0.4, -0.2) is 60.7 Å². The molecular weight excluding hydrogens is 327 g/mol. The average Bonchev–Trinajstić information content (AvgIpc) is 2.87. The van der Waals surface area contributed by atoms with E-state index in [4.69, 9.17) is 0 Å². The summed E-state index contributed by atoms with van der Waals surface area (Å²) in [4.78, 5) is 32.2. The Morgan fingerprint density at radius 1 is 1.32 bits per heavy atom. The van der Waals surface area contributed by atoms with Gasteiger partial charge in [0, 0.05) is 11.0 Å². The van der Waals surface area contributed by atoms with Crippen LogP contribution in [-0.2, 0) is 9.53 Å². The number of carbonyl (C=O) groups excluding carboxylic acids is 1. The van der Waals surface area contributed by atoms with E-state index in [0.717, 1.165) is 12.1 Å². The van der Waals surface area contributed by atoms with Crippen LogP contribution in [0.4, 0.5) is 5.69 Å². The maximum absolute atomic E-state index is 11.7. The summed E-state index contributed by atoms with van der Waals surface area (Å²) >= 11 is 0.674. The summed E-state index contributed by atoms with van der Waals surface area (Å²) in [5.41, 5.74) is -0.524. The molecule has 0 N–H and O–H groups in total. The van der Waals surface area contributed by atoms with Crippen molar-refractivity contribution in [2.45, 2.75) is 13.0 Å². The van der Waals surface area contributed by atoms with Crippen molar-refractivity contribution in [1.29, 1.82) is 0 Å². The third-order valence-corrected chi connectivity index (χ3v) is 3.17. The number of carbonyl (C=O) groups is 1. The van der Waals surface area contributed by atoms with E-state index in [1.807, 2.05) is 0 Å². The topological polar surface area (TPSA) is 138 Å². The molecule has 1 aromatic heterocycles. The van der Waals surface area contributed by atoms with E-state index in [1.165, 1.54) is 6.92 Å². The van der Waals surface area contributed by atoms with Crippen LogP contribution in [0.2, 0.25) is 0 Å². The van der Waals surface area contributed by atoms with Gasteiger partial charge in [0.15, 0.2) is 5.52 Å². The van der Waals surface area contributed by atoms with Gasteiger partial charge in [-0.25, -0.2) is 4.79 Å². The summed E-state index contributed by atoms with van der Waals surface area (Å²) in [5.74, 6) is -1.05. The Bertz CT molecular complexity index is 735. The second-order valence-electron chi connectivity index (χ2n) is 3.83. The first-order chi connectivity index (χ1) is 9.97. The number of benzene rings is 1. The molecule has 0 saturated carbocycles. The van der Waals surface area contributed by atoms with Gasteiger partial charge in [0.25, 0.3) is 5.69 Å². The molecule has 1 aromatic carbocycles. The van der Waals surface area contributed by atoms with Gasteiger partial charge in [0.2, 0.25) is 0 Å². The number of rotatable bonds is 5. The molecule has 0 aliphatic carbocycles. The molecule has 1 atom stereocenters. The maximum atomic E-state index is 11.7. The van der Waals surface area contributed by atoms with Crippen LogP contribution in [0, 0.1) is 20.2 Å². The summed E-state index contributed by atoms with van der Waals surface area (Å²) in [6, 6.07) is 0.401. The number of nitro groups is 2. The van der Waals surface area contributed by atoms with Gasteiger partial charge in [-0.2, -0.15) is 8.75 Å². The zero-order valence-electron chi connectivity index (χ0n) is 10.6. The van der Waals surface area contributed by atoms with E-state index in [2.05, 4.69) is 13.5 Å². The molecule has 1 heterocycles. The number of esters is 1. The van der Waals surface area contributed by atoms with Crippen LogP contribution in [0.3, 0.4) is 0 Å². The van der Waals surface area contributed by atoms with Gasteiger partial charge in [-0.05, 0) is 13.0 Å². The molecule has 0 radical (unpaired) electrons. The standard InChI is InChI=1S/C10H8N4O6S.Na.H/c1-2-20-10(15)9(14(18)19)5-3-4-6(13(16)17)8-7(5)11-21-12-8;;/h3-4,9H,2H2,1H3;;. The Balaban J connectivity index is 0.00000242. The van der Waals surface area contributed by atoms with Crippen molar-refractivity contribution < 1.29 is 19.4 Å². The number of hydrogen-bond donors (Lipinski definition) is 0. The molecule has 12 heteroatoms. The summed E-state index contributed by atoms with van der Waals surface area (Å²) < 4.78 is 12.2. The average molecular weight is 336 g/mol. The monoisotopic (exact) mass is 336 g/mol. The number of non-ortho nitro benzene ring substituents is 1. The number of ether oxygens (including phenoxy) is 1. The predicted octanol–water partition coefficient (Wildman–Crippen LogP) is 0.832. The van der Waals surface area contributed by atoms with E-state index < -0.39 is 21.9 Å². The molecule has 2 aromatic rings. The zero-order chi connectivity index (χ0) is 15.6. The van der Waals surface area contributed by atoms with Gasteiger partial charge in [0.05, 0.1) is 28.8 Å². The summed E-state index contributed by atoms with van der Waals surface area (Å²) in [5, 5.41) is 22.0. The normalized spacial score (nSPS) is 11.5. The molecule has 0 aliphatic rings. The molecular formula is C10H9N4NaO6S. The van der Waals surface area contributed by atoms with Crippen LogP contribution in [0.5, 0.6) is 0 Å². The molecule has 0 aliphatic heterocycles. The van der Waals surface area contributed by atoms with Gasteiger partial charge in [-0.15, -0.1) is 0 Å². The molecule has 10 nitrogen and oxygen atoms in total. The Morgan fingerprint density at radius 3 is 2.50 bits per heavy atom. The Labute approximate surface area is 149 Å². The summed E-state index contributed by atoms with van der Waals surface area (Å²) in [6.45, 7) is 1.50. The van der Waals surface area contributed by atoms with E-state index in [1.54, 1.807) is 0 Å². The van der Waals surface area contributed by atoms with Crippen molar-refractivity contribution in [3.8, 4) is 0 Å². The second-order valence-corrected chi connectivity index (χ2v) is 4.36. The van der Waals surface area contributed by atoms with E-state index in [-0.39, 0.29) is 58.4 Å². The molecule has 0 fully saturated rings. The first-order valence-electron chi connectivity index (χ1n) is 5.67. The van der Waals surface area contributed by atoms with Crippen LogP contribution in [0.15, 0.2) is 12.1 Å². The van der Waals surface area contributed by atoms with Crippen LogP contribution >= 0.6 is 11.7 Å². The van der Waals surface area contributed by atoms with Gasteiger partial charge < -0.3 is 4.74 Å². The fourth-order valence-electron chi connectivity index (χ4n) is 1.79. The van der Waals surface area contributed by atoms with Gasteiger partial charge >= 0.3 is 41.6 Å². The Morgan fingerprint density at radius 2 is 1.95 bits per heavy atom. The van der Waals surface area contributed by atoms with Crippen LogP contribution in [0.1, 0.15) is 18.5 Å². The molecule has 0 saturated heterocycles. The quantitative estimate of drug-likeness (QED) is 0.338. The van der Waals surface area contributed by atoms with Crippen molar-refractivity contribution in [2.24, 2.45) is 0 Å². The van der Waals surface area contributed by atoms with E-state index in [9.17, 15) is 25.0 Å². The number of fused-ring (bicyclic) bond motifs is 1. The minimum atomic E-state index is -1.79. The van der Waals surface area contributed by atoms with Crippen molar-refractivity contribution >= 4 is 64.0 Å². The fourth-order valence-corrected chi connectivity index (χ4v) is 2.36. The number of nitrogens with zero attached hydrogens (tertiary/aromatic N) is 4. The SMILES string of the molecule is CCOC(=O)C(c1ccc([N+](=O)[O-])c2nsnc12)[N+](=O)[O-].[NaH]. The predicted molar refractivity (Wildman–Crippen MR) is 77.6 cm³/mol. The molecule has 0 amide bonds. The van der Waals surface area contributed by atoms with E-state index in [0.29, 0.717) is 11.7 Å². The number of aromatic nitrogens is 2. The van der Waals surface area contributed by atoms with Crippen molar-refractivity contribution in [2.75, 3.05) is 6.61 Å². The molecule has 1 unspecified atom stereocenters. The van der Waals surface area contributed by atoms with Crippen LogP contribution < -0.4 is 0 Å². The molecule has 2 rings (SSSR count). The number of nitro benzene ring substituents is 1.